The zero-order chi connectivity index (χ0) is 41.0. The van der Waals surface area contributed by atoms with Crippen LogP contribution in [0.15, 0.2) is 0 Å². The van der Waals surface area contributed by atoms with Crippen LogP contribution in [-0.2, 0) is 19.1 Å². The number of hydrogen-bond donors (Lipinski definition) is 1. The van der Waals surface area contributed by atoms with Gasteiger partial charge in [0.15, 0.2) is 0 Å². The lowest BCUT2D eigenvalue weighted by atomic mass is 9.91. The van der Waals surface area contributed by atoms with E-state index < -0.39 is 0 Å². The standard InChI is InChI=1S/C50H99NO5/c1-5-9-13-15-19-25-35-48(36-26-20-16-14-10-6-2)40-46-56-50(54)38-28-22-18-24-30-42-51(43-31-32-44-52)41-29-23-17-21-27-37-49(53)55-45-39-47(33-11-7-3)34-12-8-4/h47-48,52H,5-46H2,1-4H3. The van der Waals surface area contributed by atoms with Crippen molar-refractivity contribution in [3.8, 4) is 0 Å². The van der Waals surface area contributed by atoms with Crippen molar-refractivity contribution in [1.82, 2.24) is 4.90 Å². The second kappa shape index (κ2) is 45.0. The highest BCUT2D eigenvalue weighted by Crippen LogP contribution is 2.23. The smallest absolute Gasteiger partial charge is 0.305 e. The van der Waals surface area contributed by atoms with Crippen LogP contribution in [0.5, 0.6) is 0 Å². The Hall–Kier alpha value is -1.14. The van der Waals surface area contributed by atoms with Crippen LogP contribution in [0.4, 0.5) is 0 Å². The van der Waals surface area contributed by atoms with Gasteiger partial charge in [0.2, 0.25) is 0 Å². The lowest BCUT2D eigenvalue weighted by Crippen LogP contribution is -2.27. The quantitative estimate of drug-likeness (QED) is 0.0489. The molecule has 334 valence electrons. The Balaban J connectivity index is 4.13. The summed E-state index contributed by atoms with van der Waals surface area (Å²) >= 11 is 0. The number of aliphatic hydroxyl groups is 1. The molecule has 0 aliphatic rings. The van der Waals surface area contributed by atoms with Crippen LogP contribution < -0.4 is 0 Å². The largest absolute Gasteiger partial charge is 0.466 e. The van der Waals surface area contributed by atoms with Crippen LogP contribution in [-0.4, -0.2) is 61.4 Å². The van der Waals surface area contributed by atoms with E-state index in [9.17, 15) is 14.7 Å². The van der Waals surface area contributed by atoms with Crippen molar-refractivity contribution in [2.45, 2.75) is 259 Å². The molecule has 0 rings (SSSR count). The average Bonchev–Trinajstić information content (AvgIpc) is 3.19. The first kappa shape index (κ1) is 54.9. The van der Waals surface area contributed by atoms with Crippen molar-refractivity contribution in [3.05, 3.63) is 0 Å². The molecule has 0 saturated heterocycles. The van der Waals surface area contributed by atoms with Gasteiger partial charge in [0.25, 0.3) is 0 Å². The molecule has 0 saturated carbocycles. The fourth-order valence-corrected chi connectivity index (χ4v) is 8.15. The predicted octanol–water partition coefficient (Wildman–Crippen LogP) is 14.7. The molecule has 6 heteroatoms. The van der Waals surface area contributed by atoms with E-state index in [2.05, 4.69) is 32.6 Å². The monoisotopic (exact) mass is 794 g/mol. The molecule has 0 unspecified atom stereocenters. The summed E-state index contributed by atoms with van der Waals surface area (Å²) in [6.45, 7) is 13.8. The summed E-state index contributed by atoms with van der Waals surface area (Å²) in [6, 6.07) is 0. The first-order valence-electron chi connectivity index (χ1n) is 25.1. The summed E-state index contributed by atoms with van der Waals surface area (Å²) < 4.78 is 11.3. The number of aliphatic hydroxyl groups excluding tert-OH is 1. The van der Waals surface area contributed by atoms with E-state index in [4.69, 9.17) is 9.47 Å². The van der Waals surface area contributed by atoms with Gasteiger partial charge in [0.05, 0.1) is 13.2 Å². The molecule has 0 heterocycles. The summed E-state index contributed by atoms with van der Waals surface area (Å²) in [5, 5.41) is 9.30. The van der Waals surface area contributed by atoms with Crippen LogP contribution in [0, 0.1) is 11.8 Å². The number of unbranched alkanes of at least 4 members (excludes halogenated alkanes) is 21. The van der Waals surface area contributed by atoms with Crippen LogP contribution in [0.1, 0.15) is 259 Å². The number of nitrogens with zero attached hydrogens (tertiary/aromatic N) is 1. The minimum Gasteiger partial charge on any atom is -0.466 e. The Kier molecular flexibility index (Phi) is 44.0. The summed E-state index contributed by atoms with van der Waals surface area (Å²) in [4.78, 5) is 27.4. The number of carbonyl (C=O) groups is 2. The summed E-state index contributed by atoms with van der Waals surface area (Å²) in [7, 11) is 0. The molecular weight excluding hydrogens is 695 g/mol. The molecule has 0 bridgehead atoms. The van der Waals surface area contributed by atoms with E-state index >= 15 is 0 Å². The van der Waals surface area contributed by atoms with Gasteiger partial charge in [-0.2, -0.15) is 0 Å². The molecular formula is C50H99NO5. The highest BCUT2D eigenvalue weighted by Gasteiger charge is 2.12. The molecule has 0 aromatic carbocycles. The van der Waals surface area contributed by atoms with E-state index in [1.165, 1.54) is 167 Å². The highest BCUT2D eigenvalue weighted by atomic mass is 16.5. The maximum absolute atomic E-state index is 12.5. The molecule has 0 radical (unpaired) electrons. The molecule has 0 fully saturated rings. The van der Waals surface area contributed by atoms with Gasteiger partial charge in [-0.15, -0.1) is 0 Å². The molecule has 6 nitrogen and oxygen atoms in total. The molecule has 0 aliphatic carbocycles. The SMILES string of the molecule is CCCCCCCCC(CCCCCCCC)CCOC(=O)CCCCCCCN(CCCCO)CCCCCCCC(=O)OCCC(CCCC)CCCC. The predicted molar refractivity (Wildman–Crippen MR) is 241 cm³/mol. The maximum atomic E-state index is 12.5. The number of carbonyl (C=O) groups excluding carboxylic acids is 2. The number of rotatable bonds is 46. The van der Waals surface area contributed by atoms with Crippen molar-refractivity contribution >= 4 is 11.9 Å². The fourth-order valence-electron chi connectivity index (χ4n) is 8.15. The Morgan fingerprint density at radius 2 is 0.714 bits per heavy atom. The van der Waals surface area contributed by atoms with Crippen LogP contribution >= 0.6 is 0 Å². The minimum atomic E-state index is -0.0129. The van der Waals surface area contributed by atoms with E-state index in [1.54, 1.807) is 0 Å². The van der Waals surface area contributed by atoms with Gasteiger partial charge >= 0.3 is 11.9 Å². The van der Waals surface area contributed by atoms with E-state index in [1.807, 2.05) is 0 Å². The van der Waals surface area contributed by atoms with Gasteiger partial charge in [-0.3, -0.25) is 9.59 Å². The van der Waals surface area contributed by atoms with Crippen LogP contribution in [0.2, 0.25) is 0 Å². The van der Waals surface area contributed by atoms with Crippen molar-refractivity contribution in [2.24, 2.45) is 11.8 Å². The van der Waals surface area contributed by atoms with Gasteiger partial charge in [0, 0.05) is 19.4 Å². The minimum absolute atomic E-state index is 0.00176. The third-order valence-corrected chi connectivity index (χ3v) is 12.0. The molecule has 0 amide bonds. The third kappa shape index (κ3) is 39.7. The van der Waals surface area contributed by atoms with Crippen molar-refractivity contribution < 1.29 is 24.2 Å². The first-order chi connectivity index (χ1) is 27.5. The lowest BCUT2D eigenvalue weighted by Gasteiger charge is -2.22. The van der Waals surface area contributed by atoms with E-state index in [0.29, 0.717) is 37.9 Å². The maximum Gasteiger partial charge on any atom is 0.305 e. The molecule has 0 aromatic rings. The zero-order valence-corrected chi connectivity index (χ0v) is 38.4. The summed E-state index contributed by atoms with van der Waals surface area (Å²) in [5.74, 6) is 1.41. The van der Waals surface area contributed by atoms with Gasteiger partial charge in [-0.05, 0) is 82.8 Å². The second-order valence-electron chi connectivity index (χ2n) is 17.5. The molecule has 0 aromatic heterocycles. The Morgan fingerprint density at radius 1 is 0.393 bits per heavy atom. The van der Waals surface area contributed by atoms with Crippen molar-refractivity contribution in [1.29, 1.82) is 0 Å². The van der Waals surface area contributed by atoms with Gasteiger partial charge in [-0.1, -0.05) is 195 Å². The Morgan fingerprint density at radius 3 is 1.11 bits per heavy atom. The van der Waals surface area contributed by atoms with Crippen molar-refractivity contribution in [3.63, 3.8) is 0 Å². The third-order valence-electron chi connectivity index (χ3n) is 12.0. The number of esters is 2. The fraction of sp³-hybridized carbons (Fsp3) is 0.960. The normalized spacial score (nSPS) is 11.7. The highest BCUT2D eigenvalue weighted by molar-refractivity contribution is 5.69. The summed E-state index contributed by atoms with van der Waals surface area (Å²) in [6.07, 6.45) is 42.8. The molecule has 0 atom stereocenters. The van der Waals surface area contributed by atoms with E-state index in [-0.39, 0.29) is 18.5 Å². The molecule has 0 aliphatic heterocycles. The first-order valence-corrected chi connectivity index (χ1v) is 25.1. The van der Waals surface area contributed by atoms with E-state index in [0.717, 1.165) is 71.0 Å². The van der Waals surface area contributed by atoms with Gasteiger partial charge < -0.3 is 19.5 Å². The van der Waals surface area contributed by atoms with Crippen molar-refractivity contribution in [2.75, 3.05) is 39.5 Å². The van der Waals surface area contributed by atoms with Crippen LogP contribution in [0.25, 0.3) is 0 Å². The van der Waals surface area contributed by atoms with Crippen LogP contribution in [0.3, 0.4) is 0 Å². The Bertz CT molecular complexity index is 782. The number of ether oxygens (including phenoxy) is 2. The topological polar surface area (TPSA) is 76.1 Å². The Labute approximate surface area is 350 Å². The average molecular weight is 794 g/mol. The zero-order valence-electron chi connectivity index (χ0n) is 38.4. The second-order valence-corrected chi connectivity index (χ2v) is 17.5. The molecule has 0 spiro atoms. The molecule has 1 N–H and O–H groups in total. The summed E-state index contributed by atoms with van der Waals surface area (Å²) in [5.41, 5.74) is 0. The van der Waals surface area contributed by atoms with Gasteiger partial charge in [-0.25, -0.2) is 0 Å². The lowest BCUT2D eigenvalue weighted by molar-refractivity contribution is -0.145. The molecule has 56 heavy (non-hydrogen) atoms. The van der Waals surface area contributed by atoms with Gasteiger partial charge in [0.1, 0.15) is 0 Å². The number of hydrogen-bond acceptors (Lipinski definition) is 6.